The Morgan fingerprint density at radius 2 is 2.10 bits per heavy atom. The van der Waals surface area contributed by atoms with Gasteiger partial charge < -0.3 is 4.74 Å². The summed E-state index contributed by atoms with van der Waals surface area (Å²) in [6.45, 7) is 7.51. The zero-order valence-electron chi connectivity index (χ0n) is 16.4. The highest BCUT2D eigenvalue weighted by molar-refractivity contribution is 9.10. The Hall–Kier alpha value is -3.33. The molecule has 0 N–H and O–H groups in total. The van der Waals surface area contributed by atoms with Crippen molar-refractivity contribution in [2.45, 2.75) is 19.8 Å². The number of nitro benzene ring substituents is 1. The third-order valence-corrected chi connectivity index (χ3v) is 4.70. The van der Waals surface area contributed by atoms with Gasteiger partial charge in [-0.15, -0.1) is 0 Å². The first-order valence-corrected chi connectivity index (χ1v) is 9.89. The molecule has 0 atom stereocenters. The number of fused-ring (bicyclic) bond motifs is 1. The fourth-order valence-corrected chi connectivity index (χ4v) is 3.16. The van der Waals surface area contributed by atoms with Gasteiger partial charge in [0.2, 0.25) is 0 Å². The molecule has 0 aliphatic heterocycles. The van der Waals surface area contributed by atoms with E-state index >= 15 is 0 Å². The van der Waals surface area contributed by atoms with E-state index in [-0.39, 0.29) is 29.5 Å². The highest BCUT2D eigenvalue weighted by Crippen LogP contribution is 2.27. The minimum Gasteiger partial charge on any atom is -0.483 e. The Balaban J connectivity index is 2.09. The molecule has 0 fully saturated rings. The van der Waals surface area contributed by atoms with E-state index in [4.69, 9.17) is 4.74 Å². The van der Waals surface area contributed by atoms with Crippen molar-refractivity contribution in [1.29, 1.82) is 0 Å². The van der Waals surface area contributed by atoms with Gasteiger partial charge >= 0.3 is 5.69 Å². The smallest absolute Gasteiger partial charge is 0.311 e. The maximum absolute atomic E-state index is 13.0. The summed E-state index contributed by atoms with van der Waals surface area (Å²) in [6, 6.07) is 9.74. The van der Waals surface area contributed by atoms with E-state index in [2.05, 4.69) is 32.6 Å². The average Bonchev–Trinajstić information content (AvgIpc) is 2.71. The van der Waals surface area contributed by atoms with Gasteiger partial charge in [0.05, 0.1) is 22.0 Å². The first kappa shape index (κ1) is 21.4. The molecular formula is C21H19BrN4O4. The quantitative estimate of drug-likeness (QED) is 0.216. The molecule has 0 unspecified atom stereocenters. The van der Waals surface area contributed by atoms with Gasteiger partial charge in [0.25, 0.3) is 5.56 Å². The zero-order chi connectivity index (χ0) is 21.8. The van der Waals surface area contributed by atoms with Crippen molar-refractivity contribution in [3.8, 4) is 5.75 Å². The molecule has 3 rings (SSSR count). The van der Waals surface area contributed by atoms with Crippen LogP contribution in [0.5, 0.6) is 5.75 Å². The minimum absolute atomic E-state index is 0.0630. The van der Waals surface area contributed by atoms with Crippen LogP contribution in [0.25, 0.3) is 10.9 Å². The predicted octanol–water partition coefficient (Wildman–Crippen LogP) is 4.64. The zero-order valence-corrected chi connectivity index (χ0v) is 18.0. The molecule has 0 saturated carbocycles. The first-order chi connectivity index (χ1) is 14.3. The Labute approximate surface area is 180 Å². The predicted molar refractivity (Wildman–Crippen MR) is 120 cm³/mol. The van der Waals surface area contributed by atoms with Gasteiger partial charge in [0.15, 0.2) is 5.75 Å². The number of hydrogen-bond acceptors (Lipinski definition) is 6. The van der Waals surface area contributed by atoms with Crippen molar-refractivity contribution in [3.63, 3.8) is 0 Å². The summed E-state index contributed by atoms with van der Waals surface area (Å²) in [5.74, 6) is 0.563. The summed E-state index contributed by atoms with van der Waals surface area (Å²) in [5, 5.41) is 16.1. The molecule has 2 aromatic carbocycles. The Bertz CT molecular complexity index is 1220. The lowest BCUT2D eigenvalue weighted by Crippen LogP contribution is -2.23. The second-order valence-electron chi connectivity index (χ2n) is 6.73. The number of aromatic nitrogens is 2. The van der Waals surface area contributed by atoms with Gasteiger partial charge in [-0.05, 0) is 30.3 Å². The summed E-state index contributed by atoms with van der Waals surface area (Å²) in [5.41, 5.74) is 0.515. The maximum Gasteiger partial charge on any atom is 0.311 e. The number of rotatable bonds is 7. The highest BCUT2D eigenvalue weighted by atomic mass is 79.9. The molecule has 154 valence electrons. The number of halogens is 1. The minimum atomic E-state index is -0.531. The van der Waals surface area contributed by atoms with Crippen LogP contribution in [-0.4, -0.2) is 27.4 Å². The molecule has 0 saturated heterocycles. The van der Waals surface area contributed by atoms with Crippen molar-refractivity contribution in [1.82, 2.24) is 9.66 Å². The van der Waals surface area contributed by atoms with E-state index in [1.807, 2.05) is 19.9 Å². The highest BCUT2D eigenvalue weighted by Gasteiger charge is 2.16. The van der Waals surface area contributed by atoms with E-state index in [1.165, 1.54) is 29.1 Å². The van der Waals surface area contributed by atoms with Crippen molar-refractivity contribution < 1.29 is 9.66 Å². The SMILES string of the molecule is C=CCOc1ccc(C=Nn2c(C(C)C)nc3ccc(Br)cc3c2=O)cc1[N+](=O)[O-]. The summed E-state index contributed by atoms with van der Waals surface area (Å²) in [6.07, 6.45) is 2.90. The van der Waals surface area contributed by atoms with Crippen LogP contribution in [0.3, 0.4) is 0 Å². The van der Waals surface area contributed by atoms with Crippen LogP contribution in [0.2, 0.25) is 0 Å². The van der Waals surface area contributed by atoms with Gasteiger partial charge in [-0.1, -0.05) is 42.4 Å². The van der Waals surface area contributed by atoms with Gasteiger partial charge in [-0.3, -0.25) is 14.9 Å². The van der Waals surface area contributed by atoms with Gasteiger partial charge in [-0.25, -0.2) is 4.98 Å². The molecule has 0 aliphatic carbocycles. The fourth-order valence-electron chi connectivity index (χ4n) is 2.80. The van der Waals surface area contributed by atoms with Gasteiger partial charge in [0.1, 0.15) is 12.4 Å². The summed E-state index contributed by atoms with van der Waals surface area (Å²) in [4.78, 5) is 28.4. The molecule has 1 aromatic heterocycles. The topological polar surface area (TPSA) is 99.6 Å². The molecule has 0 amide bonds. The number of ether oxygens (including phenoxy) is 1. The number of nitrogens with zero attached hydrogens (tertiary/aromatic N) is 4. The Morgan fingerprint density at radius 1 is 1.33 bits per heavy atom. The van der Waals surface area contributed by atoms with Crippen LogP contribution in [0.15, 0.2) is 63.4 Å². The standard InChI is InChI=1S/C21H19BrN4O4/c1-4-9-30-19-8-5-14(10-18(19)26(28)29)12-23-25-20(13(2)3)24-17-7-6-15(22)11-16(17)21(25)27/h4-8,10-13H,1,9H2,2-3H3. The molecule has 0 spiro atoms. The van der Waals surface area contributed by atoms with Crippen molar-refractivity contribution in [2.24, 2.45) is 5.10 Å². The maximum atomic E-state index is 13.0. The molecule has 30 heavy (non-hydrogen) atoms. The summed E-state index contributed by atoms with van der Waals surface area (Å²) < 4.78 is 7.31. The summed E-state index contributed by atoms with van der Waals surface area (Å²) in [7, 11) is 0. The van der Waals surface area contributed by atoms with Crippen LogP contribution >= 0.6 is 15.9 Å². The van der Waals surface area contributed by atoms with Crippen molar-refractivity contribution in [3.05, 3.63) is 85.4 Å². The number of benzene rings is 2. The lowest BCUT2D eigenvalue weighted by atomic mass is 10.2. The van der Waals surface area contributed by atoms with Crippen LogP contribution in [0.1, 0.15) is 31.2 Å². The van der Waals surface area contributed by atoms with Crippen LogP contribution in [0, 0.1) is 10.1 Å². The second kappa shape index (κ2) is 9.00. The average molecular weight is 471 g/mol. The monoisotopic (exact) mass is 470 g/mol. The normalized spacial score (nSPS) is 11.3. The van der Waals surface area contributed by atoms with Crippen LogP contribution in [-0.2, 0) is 0 Å². The van der Waals surface area contributed by atoms with E-state index < -0.39 is 4.92 Å². The molecule has 0 radical (unpaired) electrons. The lowest BCUT2D eigenvalue weighted by molar-refractivity contribution is -0.385. The van der Waals surface area contributed by atoms with Crippen LogP contribution < -0.4 is 10.3 Å². The Kier molecular flexibility index (Phi) is 6.41. The number of hydrogen-bond donors (Lipinski definition) is 0. The van der Waals surface area contributed by atoms with E-state index in [0.717, 1.165) is 4.47 Å². The van der Waals surface area contributed by atoms with Crippen molar-refractivity contribution in [2.75, 3.05) is 6.61 Å². The number of nitro groups is 1. The third-order valence-electron chi connectivity index (χ3n) is 4.21. The molecule has 0 aliphatic rings. The van der Waals surface area contributed by atoms with Gasteiger partial charge in [0, 0.05) is 22.0 Å². The van der Waals surface area contributed by atoms with Gasteiger partial charge in [-0.2, -0.15) is 9.78 Å². The van der Waals surface area contributed by atoms with E-state index in [9.17, 15) is 14.9 Å². The first-order valence-electron chi connectivity index (χ1n) is 9.10. The largest absolute Gasteiger partial charge is 0.483 e. The molecule has 1 heterocycles. The summed E-state index contributed by atoms with van der Waals surface area (Å²) >= 11 is 3.36. The van der Waals surface area contributed by atoms with Crippen molar-refractivity contribution >= 4 is 38.7 Å². The fraction of sp³-hybridized carbons (Fsp3) is 0.190. The molecule has 8 nitrogen and oxygen atoms in total. The Morgan fingerprint density at radius 3 is 2.77 bits per heavy atom. The second-order valence-corrected chi connectivity index (χ2v) is 7.65. The molecule has 3 aromatic rings. The molecule has 9 heteroatoms. The van der Waals surface area contributed by atoms with E-state index in [0.29, 0.717) is 22.3 Å². The third kappa shape index (κ3) is 4.46. The lowest BCUT2D eigenvalue weighted by Gasteiger charge is -2.12. The van der Waals surface area contributed by atoms with Crippen LogP contribution in [0.4, 0.5) is 5.69 Å². The van der Waals surface area contributed by atoms with E-state index in [1.54, 1.807) is 18.2 Å². The molecular weight excluding hydrogens is 452 g/mol. The molecule has 0 bridgehead atoms.